The third-order valence-electron chi connectivity index (χ3n) is 12.9. The molecule has 1 aromatic heterocycles. The van der Waals surface area contributed by atoms with Crippen molar-refractivity contribution in [3.8, 4) is 0 Å². The number of benzene rings is 5. The zero-order valence-corrected chi connectivity index (χ0v) is 32.5. The highest BCUT2D eigenvalue weighted by Gasteiger charge is 2.41. The molecule has 1 aliphatic carbocycles. The second-order valence-corrected chi connectivity index (χ2v) is 17.5. The highest BCUT2D eigenvalue weighted by molar-refractivity contribution is 6.42. The van der Waals surface area contributed by atoms with Gasteiger partial charge in [0.05, 0.1) is 10.7 Å². The normalized spacial score (nSPS) is 17.1. The first-order chi connectivity index (χ1) is 25.4. The van der Waals surface area contributed by atoms with Crippen LogP contribution in [0.25, 0.3) is 59.4 Å². The molecule has 2 aliphatic heterocycles. The van der Waals surface area contributed by atoms with Crippen LogP contribution in [-0.2, 0) is 0 Å². The molecular formula is C46H52N4O3. The average molecular weight is 709 g/mol. The molecule has 2 fully saturated rings. The lowest BCUT2D eigenvalue weighted by Gasteiger charge is -2.38. The topological polar surface area (TPSA) is 74.7 Å². The zero-order valence-electron chi connectivity index (χ0n) is 32.5. The monoisotopic (exact) mass is 708 g/mol. The number of fused-ring (bicyclic) bond motifs is 2. The summed E-state index contributed by atoms with van der Waals surface area (Å²) >= 11 is 0. The smallest absolute Gasteiger partial charge is 0.261 e. The maximum atomic E-state index is 15.3. The Morgan fingerprint density at radius 1 is 0.566 bits per heavy atom. The Kier molecular flexibility index (Phi) is 7.94. The Balaban J connectivity index is 1.46. The molecule has 0 spiro atoms. The van der Waals surface area contributed by atoms with Crippen molar-refractivity contribution in [3.63, 3.8) is 0 Å². The SMILES string of the molecule is CC(C)C(C(C)C)N1C(=O)c2ccc3c4ccc5c(=C6CCC6)n(C(C(C)C)C(C)C)c(=O)c6cc(N7CCNCC7)c(c7ccc(c2c37)C1=O)c4c65. The highest BCUT2D eigenvalue weighted by atomic mass is 16.2. The molecule has 3 aliphatic rings. The quantitative estimate of drug-likeness (QED) is 0.102. The Hall–Kier alpha value is -4.49. The summed E-state index contributed by atoms with van der Waals surface area (Å²) in [5, 5.41) is 14.8. The summed E-state index contributed by atoms with van der Waals surface area (Å²) in [6.07, 6.45) is 3.20. The Labute approximate surface area is 311 Å². The molecule has 53 heavy (non-hydrogen) atoms. The van der Waals surface area contributed by atoms with Gasteiger partial charge in [0.1, 0.15) is 0 Å². The Morgan fingerprint density at radius 3 is 1.66 bits per heavy atom. The van der Waals surface area contributed by atoms with Gasteiger partial charge in [-0.2, -0.15) is 0 Å². The Bertz CT molecular complexity index is 2580. The van der Waals surface area contributed by atoms with Gasteiger partial charge in [0.25, 0.3) is 17.4 Å². The molecule has 274 valence electrons. The lowest BCUT2D eigenvalue weighted by Crippen LogP contribution is -2.51. The molecule has 1 saturated heterocycles. The lowest BCUT2D eigenvalue weighted by atomic mass is 9.81. The number of carbonyl (C=O) groups is 2. The number of hydrogen-bond acceptors (Lipinski definition) is 5. The van der Waals surface area contributed by atoms with Crippen LogP contribution in [0.4, 0.5) is 5.69 Å². The molecule has 0 bridgehead atoms. The maximum Gasteiger partial charge on any atom is 0.261 e. The van der Waals surface area contributed by atoms with E-state index in [4.69, 9.17) is 0 Å². The van der Waals surface area contributed by atoms with Crippen molar-refractivity contribution in [2.24, 2.45) is 23.7 Å². The van der Waals surface area contributed by atoms with E-state index < -0.39 is 0 Å². The predicted molar refractivity (Wildman–Crippen MR) is 220 cm³/mol. The van der Waals surface area contributed by atoms with E-state index in [2.05, 4.69) is 101 Å². The van der Waals surface area contributed by atoms with Crippen molar-refractivity contribution < 1.29 is 9.59 Å². The van der Waals surface area contributed by atoms with Gasteiger partial charge in [0.2, 0.25) is 0 Å². The van der Waals surface area contributed by atoms with Gasteiger partial charge in [0.15, 0.2) is 0 Å². The second-order valence-electron chi connectivity index (χ2n) is 17.5. The van der Waals surface area contributed by atoms with Gasteiger partial charge < -0.3 is 14.8 Å². The Morgan fingerprint density at radius 2 is 1.09 bits per heavy atom. The van der Waals surface area contributed by atoms with Crippen molar-refractivity contribution in [1.29, 1.82) is 0 Å². The number of hydrogen-bond donors (Lipinski definition) is 1. The molecular weight excluding hydrogens is 657 g/mol. The highest BCUT2D eigenvalue weighted by Crippen LogP contribution is 2.49. The van der Waals surface area contributed by atoms with Gasteiger partial charge >= 0.3 is 0 Å². The number of imide groups is 1. The van der Waals surface area contributed by atoms with Crippen molar-refractivity contribution in [1.82, 2.24) is 14.8 Å². The van der Waals surface area contributed by atoms with Crippen molar-refractivity contribution >= 4 is 76.9 Å². The molecule has 7 heteroatoms. The summed E-state index contributed by atoms with van der Waals surface area (Å²) in [5.74, 6) is 0.427. The number of piperazine rings is 1. The third-order valence-corrected chi connectivity index (χ3v) is 12.9. The van der Waals surface area contributed by atoms with Gasteiger partial charge in [-0.3, -0.25) is 19.3 Å². The van der Waals surface area contributed by atoms with Gasteiger partial charge in [-0.15, -0.1) is 0 Å². The fraction of sp³-hybridized carbons (Fsp3) is 0.457. The molecule has 0 unspecified atom stereocenters. The third kappa shape index (κ3) is 4.71. The summed E-state index contributed by atoms with van der Waals surface area (Å²) < 4.78 is 2.19. The van der Waals surface area contributed by atoms with Crippen LogP contribution in [0.5, 0.6) is 0 Å². The summed E-state index contributed by atoms with van der Waals surface area (Å²) in [6.45, 7) is 20.7. The molecule has 1 N–H and O–H groups in total. The average Bonchev–Trinajstić information content (AvgIpc) is 3.10. The fourth-order valence-electron chi connectivity index (χ4n) is 10.8. The van der Waals surface area contributed by atoms with Gasteiger partial charge in [0, 0.05) is 82.0 Å². The maximum absolute atomic E-state index is 15.3. The van der Waals surface area contributed by atoms with E-state index in [1.54, 1.807) is 0 Å². The van der Waals surface area contributed by atoms with Crippen LogP contribution < -0.4 is 21.1 Å². The molecule has 0 atom stereocenters. The number of pyridine rings is 1. The number of anilines is 1. The van der Waals surface area contributed by atoms with Crippen LogP contribution >= 0.6 is 0 Å². The largest absolute Gasteiger partial charge is 0.368 e. The molecule has 6 aromatic rings. The van der Waals surface area contributed by atoms with Crippen LogP contribution in [0.2, 0.25) is 0 Å². The number of amides is 2. The number of rotatable bonds is 7. The summed E-state index contributed by atoms with van der Waals surface area (Å²) in [7, 11) is 0. The summed E-state index contributed by atoms with van der Waals surface area (Å²) in [6, 6.07) is 14.7. The van der Waals surface area contributed by atoms with Crippen molar-refractivity contribution in [2.45, 2.75) is 86.7 Å². The van der Waals surface area contributed by atoms with Crippen LogP contribution in [0.1, 0.15) is 101 Å². The standard InChI is InChI=1S/C46H52N4O3/c1-23(2)41(24(3)4)49-43(27-10-9-11-27)31-15-12-29-28-13-16-32-38-33(45(52)50(44(32)51)42(25(5)6)26(7)8)17-14-30(36(28)38)39-35(48-20-18-47-19-21-48)22-34(46(49)53)37(31)40(29)39/h12-17,22-26,41-42,47H,9-11,18-21H2,1-8H3. The van der Waals surface area contributed by atoms with E-state index in [9.17, 15) is 9.59 Å². The first-order valence-electron chi connectivity index (χ1n) is 20.1. The molecule has 2 amide bonds. The second kappa shape index (κ2) is 12.3. The number of nitrogens with zero attached hydrogens (tertiary/aromatic N) is 3. The lowest BCUT2D eigenvalue weighted by molar-refractivity contribution is 0.0436. The minimum absolute atomic E-state index is 0.0705. The molecule has 5 aromatic carbocycles. The van der Waals surface area contributed by atoms with Crippen LogP contribution in [0, 0.1) is 23.7 Å². The van der Waals surface area contributed by atoms with Gasteiger partial charge in [-0.05, 0) is 88.3 Å². The van der Waals surface area contributed by atoms with E-state index >= 15 is 4.79 Å². The van der Waals surface area contributed by atoms with Gasteiger partial charge in [-0.25, -0.2) is 0 Å². The van der Waals surface area contributed by atoms with Crippen molar-refractivity contribution in [3.05, 3.63) is 69.3 Å². The van der Waals surface area contributed by atoms with E-state index in [1.165, 1.54) is 10.5 Å². The van der Waals surface area contributed by atoms with E-state index in [0.717, 1.165) is 110 Å². The van der Waals surface area contributed by atoms with Crippen LogP contribution in [0.3, 0.4) is 0 Å². The molecule has 9 rings (SSSR count). The molecule has 3 heterocycles. The number of aromatic nitrogens is 1. The van der Waals surface area contributed by atoms with Crippen LogP contribution in [-0.4, -0.2) is 53.5 Å². The first kappa shape index (κ1) is 34.3. The zero-order chi connectivity index (χ0) is 37.2. The number of carbonyl (C=O) groups excluding carboxylic acids is 2. The first-order valence-corrected chi connectivity index (χ1v) is 20.1. The predicted octanol–water partition coefficient (Wildman–Crippen LogP) is 8.64. The summed E-state index contributed by atoms with van der Waals surface area (Å²) in [5.41, 5.74) is 3.75. The minimum atomic E-state index is -0.205. The summed E-state index contributed by atoms with van der Waals surface area (Å²) in [4.78, 5) is 48.2. The minimum Gasteiger partial charge on any atom is -0.368 e. The van der Waals surface area contributed by atoms with E-state index in [1.807, 2.05) is 12.1 Å². The van der Waals surface area contributed by atoms with E-state index in [0.29, 0.717) is 23.0 Å². The van der Waals surface area contributed by atoms with Crippen LogP contribution in [0.15, 0.2) is 47.3 Å². The van der Waals surface area contributed by atoms with E-state index in [-0.39, 0.29) is 41.3 Å². The molecule has 7 nitrogen and oxygen atoms in total. The molecule has 0 radical (unpaired) electrons. The fourth-order valence-corrected chi connectivity index (χ4v) is 10.8. The number of nitrogens with one attached hydrogen (secondary N) is 1. The molecule has 1 saturated carbocycles. The van der Waals surface area contributed by atoms with Crippen molar-refractivity contribution in [2.75, 3.05) is 31.1 Å². The van der Waals surface area contributed by atoms with Gasteiger partial charge in [-0.1, -0.05) is 79.7 Å².